The van der Waals surface area contributed by atoms with E-state index < -0.39 is 5.97 Å². The van der Waals surface area contributed by atoms with Gasteiger partial charge in [-0.05, 0) is 67.1 Å². The van der Waals surface area contributed by atoms with Crippen LogP contribution >= 0.6 is 11.3 Å². The largest absolute Gasteiger partial charge is 0.490 e. The van der Waals surface area contributed by atoms with Crippen molar-refractivity contribution in [1.82, 2.24) is 5.43 Å². The maximum atomic E-state index is 12.2. The van der Waals surface area contributed by atoms with Gasteiger partial charge in [0.1, 0.15) is 10.6 Å². The number of benzene rings is 2. The highest BCUT2D eigenvalue weighted by Crippen LogP contribution is 2.29. The Labute approximate surface area is 190 Å². The Morgan fingerprint density at radius 1 is 1.03 bits per heavy atom. The van der Waals surface area contributed by atoms with E-state index in [1.54, 1.807) is 35.7 Å². The minimum absolute atomic E-state index is 0.148. The minimum Gasteiger partial charge on any atom is -0.490 e. The molecular formula is C24H24N2O5S. The Bertz CT molecular complexity index is 1090. The van der Waals surface area contributed by atoms with Crippen LogP contribution < -0.4 is 19.6 Å². The van der Waals surface area contributed by atoms with E-state index >= 15 is 0 Å². The van der Waals surface area contributed by atoms with Gasteiger partial charge in [-0.15, -0.1) is 11.3 Å². The number of carbonyl (C=O) groups is 2. The second kappa shape index (κ2) is 11.1. The second-order valence-corrected chi connectivity index (χ2v) is 7.76. The van der Waals surface area contributed by atoms with Crippen molar-refractivity contribution in [2.24, 2.45) is 5.10 Å². The van der Waals surface area contributed by atoms with E-state index in [1.807, 2.05) is 39.0 Å². The number of rotatable bonds is 9. The zero-order valence-electron chi connectivity index (χ0n) is 18.1. The van der Waals surface area contributed by atoms with Crippen LogP contribution in [-0.4, -0.2) is 31.3 Å². The maximum absolute atomic E-state index is 12.2. The molecule has 1 heterocycles. The topological polar surface area (TPSA) is 86.2 Å². The fraction of sp³-hybridized carbons (Fsp3) is 0.208. The van der Waals surface area contributed by atoms with Gasteiger partial charge in [0.2, 0.25) is 0 Å². The van der Waals surface area contributed by atoms with E-state index in [0.717, 1.165) is 11.1 Å². The molecule has 32 heavy (non-hydrogen) atoms. The van der Waals surface area contributed by atoms with Gasteiger partial charge in [0, 0.05) is 0 Å². The molecule has 0 fully saturated rings. The number of amides is 1. The van der Waals surface area contributed by atoms with E-state index in [2.05, 4.69) is 10.5 Å². The average molecular weight is 453 g/mol. The molecule has 7 nitrogen and oxygen atoms in total. The number of para-hydroxylation sites is 1. The molecule has 1 amide bonds. The van der Waals surface area contributed by atoms with E-state index in [4.69, 9.17) is 14.2 Å². The van der Waals surface area contributed by atoms with Crippen molar-refractivity contribution in [1.29, 1.82) is 0 Å². The highest BCUT2D eigenvalue weighted by Gasteiger charge is 2.14. The first-order valence-electron chi connectivity index (χ1n) is 10.0. The van der Waals surface area contributed by atoms with Crippen molar-refractivity contribution in [3.8, 4) is 17.2 Å². The number of thiophene rings is 1. The number of hydrogen-bond acceptors (Lipinski definition) is 7. The standard InChI is InChI=1S/C24H24N2O5S/c1-4-29-20-13-18(10-11-19(20)31-24(28)21-9-6-12-32-21)14-25-26-22(27)15-30-23-16(2)7-5-8-17(23)3/h5-14H,4,15H2,1-3H3,(H,26,27)/b25-14-. The highest BCUT2D eigenvalue weighted by atomic mass is 32.1. The number of carbonyl (C=O) groups excluding carboxylic acids is 2. The number of ether oxygens (including phenoxy) is 3. The lowest BCUT2D eigenvalue weighted by Crippen LogP contribution is -2.25. The summed E-state index contributed by atoms with van der Waals surface area (Å²) in [6.07, 6.45) is 1.48. The van der Waals surface area contributed by atoms with Crippen molar-refractivity contribution in [2.45, 2.75) is 20.8 Å². The van der Waals surface area contributed by atoms with E-state index in [0.29, 0.717) is 34.3 Å². The first-order chi connectivity index (χ1) is 15.5. The predicted molar refractivity (Wildman–Crippen MR) is 124 cm³/mol. The molecule has 0 aliphatic rings. The molecule has 0 aliphatic carbocycles. The van der Waals surface area contributed by atoms with Crippen LogP contribution in [0.25, 0.3) is 0 Å². The molecule has 0 spiro atoms. The van der Waals surface area contributed by atoms with Gasteiger partial charge in [-0.2, -0.15) is 5.10 Å². The third-order valence-electron chi connectivity index (χ3n) is 4.35. The summed E-state index contributed by atoms with van der Waals surface area (Å²) in [6.45, 7) is 5.94. The lowest BCUT2D eigenvalue weighted by molar-refractivity contribution is -0.123. The molecule has 0 saturated carbocycles. The van der Waals surface area contributed by atoms with Gasteiger partial charge in [-0.25, -0.2) is 10.2 Å². The van der Waals surface area contributed by atoms with Crippen molar-refractivity contribution in [2.75, 3.05) is 13.2 Å². The van der Waals surface area contributed by atoms with Gasteiger partial charge in [-0.3, -0.25) is 4.79 Å². The van der Waals surface area contributed by atoms with Gasteiger partial charge in [0.15, 0.2) is 18.1 Å². The first kappa shape index (κ1) is 23.0. The van der Waals surface area contributed by atoms with Crippen LogP contribution in [0.15, 0.2) is 59.0 Å². The molecular weight excluding hydrogens is 428 g/mol. The molecule has 1 N–H and O–H groups in total. The normalized spacial score (nSPS) is 10.7. The molecule has 2 aromatic carbocycles. The van der Waals surface area contributed by atoms with Gasteiger partial charge in [0.05, 0.1) is 12.8 Å². The monoisotopic (exact) mass is 452 g/mol. The van der Waals surface area contributed by atoms with Gasteiger partial charge in [0.25, 0.3) is 5.91 Å². The Kier molecular flexibility index (Phi) is 7.99. The lowest BCUT2D eigenvalue weighted by Gasteiger charge is -2.11. The summed E-state index contributed by atoms with van der Waals surface area (Å²) < 4.78 is 16.7. The summed E-state index contributed by atoms with van der Waals surface area (Å²) in [5, 5.41) is 5.77. The van der Waals surface area contributed by atoms with Crippen molar-refractivity contribution in [3.63, 3.8) is 0 Å². The van der Waals surface area contributed by atoms with Crippen LogP contribution in [0.1, 0.15) is 33.3 Å². The van der Waals surface area contributed by atoms with Crippen LogP contribution in [0.5, 0.6) is 17.2 Å². The SMILES string of the molecule is CCOc1cc(/C=N\NC(=O)COc2c(C)cccc2C)ccc1OC(=O)c1cccs1. The lowest BCUT2D eigenvalue weighted by atomic mass is 10.1. The molecule has 0 atom stereocenters. The minimum atomic E-state index is -0.446. The Balaban J connectivity index is 1.59. The maximum Gasteiger partial charge on any atom is 0.353 e. The number of nitrogens with one attached hydrogen (secondary N) is 1. The molecule has 3 rings (SSSR count). The molecule has 0 unspecified atom stereocenters. The quantitative estimate of drug-likeness (QED) is 0.223. The van der Waals surface area contributed by atoms with E-state index in [1.165, 1.54) is 17.6 Å². The molecule has 0 saturated heterocycles. The first-order valence-corrected chi connectivity index (χ1v) is 10.9. The zero-order valence-corrected chi connectivity index (χ0v) is 18.9. The molecule has 1 aromatic heterocycles. The summed E-state index contributed by atoms with van der Waals surface area (Å²) in [5.74, 6) is 0.592. The number of esters is 1. The fourth-order valence-corrected chi connectivity index (χ4v) is 3.48. The number of nitrogens with zero attached hydrogens (tertiary/aromatic N) is 1. The Morgan fingerprint density at radius 3 is 2.50 bits per heavy atom. The summed E-state index contributed by atoms with van der Waals surface area (Å²) >= 11 is 1.30. The van der Waals surface area contributed by atoms with Gasteiger partial charge >= 0.3 is 5.97 Å². The summed E-state index contributed by atoms with van der Waals surface area (Å²) in [5.41, 5.74) is 5.03. The van der Waals surface area contributed by atoms with Crippen molar-refractivity contribution >= 4 is 29.4 Å². The molecule has 0 radical (unpaired) electrons. The highest BCUT2D eigenvalue weighted by molar-refractivity contribution is 7.12. The number of aryl methyl sites for hydroxylation is 2. The molecule has 3 aromatic rings. The van der Waals surface area contributed by atoms with Crippen LogP contribution in [0.2, 0.25) is 0 Å². The van der Waals surface area contributed by atoms with Gasteiger partial charge < -0.3 is 14.2 Å². The Morgan fingerprint density at radius 2 is 1.81 bits per heavy atom. The summed E-state index contributed by atoms with van der Waals surface area (Å²) in [7, 11) is 0. The molecule has 8 heteroatoms. The molecule has 166 valence electrons. The van der Waals surface area contributed by atoms with Crippen LogP contribution in [0.4, 0.5) is 0 Å². The van der Waals surface area contributed by atoms with Crippen LogP contribution in [0.3, 0.4) is 0 Å². The third-order valence-corrected chi connectivity index (χ3v) is 5.20. The van der Waals surface area contributed by atoms with Crippen molar-refractivity contribution < 1.29 is 23.8 Å². The van der Waals surface area contributed by atoms with Crippen LogP contribution in [-0.2, 0) is 4.79 Å². The van der Waals surface area contributed by atoms with Crippen LogP contribution in [0, 0.1) is 13.8 Å². The zero-order chi connectivity index (χ0) is 22.9. The molecule has 0 bridgehead atoms. The van der Waals surface area contributed by atoms with Gasteiger partial charge in [-0.1, -0.05) is 24.3 Å². The smallest absolute Gasteiger partial charge is 0.353 e. The number of hydrogen-bond donors (Lipinski definition) is 1. The second-order valence-electron chi connectivity index (χ2n) is 6.81. The Hall–Kier alpha value is -3.65. The van der Waals surface area contributed by atoms with Crippen molar-refractivity contribution in [3.05, 3.63) is 75.5 Å². The number of hydrazone groups is 1. The summed E-state index contributed by atoms with van der Waals surface area (Å²) in [6, 6.07) is 14.3. The van der Waals surface area contributed by atoms with E-state index in [9.17, 15) is 9.59 Å². The third kappa shape index (κ3) is 6.18. The molecule has 0 aliphatic heterocycles. The van der Waals surface area contributed by atoms with E-state index in [-0.39, 0.29) is 12.5 Å². The fourth-order valence-electron chi connectivity index (χ4n) is 2.88. The average Bonchev–Trinajstić information content (AvgIpc) is 3.30. The summed E-state index contributed by atoms with van der Waals surface area (Å²) in [4.78, 5) is 24.8. The predicted octanol–water partition coefficient (Wildman–Crippen LogP) is 4.51.